The third-order valence-electron chi connectivity index (χ3n) is 2.80. The average Bonchev–Trinajstić information content (AvgIpc) is 2.65. The number of hydrogen-bond donors (Lipinski definition) is 0. The van der Waals surface area contributed by atoms with Crippen molar-refractivity contribution in [3.63, 3.8) is 0 Å². The molecule has 1 aromatic rings. The second kappa shape index (κ2) is 5.52. The molecule has 4 nitrogen and oxygen atoms in total. The van der Waals surface area contributed by atoms with Crippen LogP contribution in [0.25, 0.3) is 0 Å². The molecule has 3 atom stereocenters. The average molecular weight is 312 g/mol. The Morgan fingerprint density at radius 1 is 1.39 bits per heavy atom. The Balaban J connectivity index is 2.17. The fourth-order valence-corrected chi connectivity index (χ4v) is 2.45. The quantitative estimate of drug-likeness (QED) is 0.479. The Kier molecular flexibility index (Phi) is 4.01. The maximum atomic E-state index is 10.7. The Hall–Kier alpha value is -1.36. The lowest BCUT2D eigenvalue weighted by Gasteiger charge is -2.13. The summed E-state index contributed by atoms with van der Waals surface area (Å²) in [4.78, 5) is 15.5. The summed E-state index contributed by atoms with van der Waals surface area (Å²) in [6, 6.07) is 9.88. The van der Waals surface area contributed by atoms with Gasteiger partial charge in [-0.05, 0) is 10.7 Å². The molecule has 0 N–H and O–H groups in total. The number of ether oxygens (including phenoxy) is 1. The summed E-state index contributed by atoms with van der Waals surface area (Å²) >= 11 is 3.61. The van der Waals surface area contributed by atoms with Crippen LogP contribution in [0.5, 0.6) is 0 Å². The topological polar surface area (TPSA) is 47.9 Å². The van der Waals surface area contributed by atoms with Crippen molar-refractivity contribution in [2.45, 2.75) is 24.8 Å². The number of carbonyl (C=O) groups is 1. The summed E-state index contributed by atoms with van der Waals surface area (Å²) in [5.74, 6) is 0.0445. The minimum absolute atomic E-state index is 0.0505. The van der Waals surface area contributed by atoms with Gasteiger partial charge in [-0.25, -0.2) is 4.79 Å². The number of benzene rings is 1. The molecule has 1 aromatic carbocycles. The molecule has 0 saturated carbocycles. The molecule has 0 bridgehead atoms. The van der Waals surface area contributed by atoms with Crippen molar-refractivity contribution in [1.82, 2.24) is 0 Å². The molecule has 1 fully saturated rings. The molecule has 0 radical (unpaired) electrons. The summed E-state index contributed by atoms with van der Waals surface area (Å²) in [6.07, 6.45) is -0.115. The molecule has 18 heavy (non-hydrogen) atoms. The monoisotopic (exact) mass is 311 g/mol. The summed E-state index contributed by atoms with van der Waals surface area (Å²) < 4.78 is 5.75. The zero-order valence-electron chi connectivity index (χ0n) is 10.2. The zero-order valence-corrected chi connectivity index (χ0v) is 11.8. The predicted molar refractivity (Wildman–Crippen MR) is 71.3 cm³/mol. The van der Waals surface area contributed by atoms with Gasteiger partial charge in [-0.3, -0.25) is 0 Å². The first-order chi connectivity index (χ1) is 8.59. The number of nitrogens with zero attached hydrogens (tertiary/aromatic N) is 1. The van der Waals surface area contributed by atoms with E-state index in [0.717, 1.165) is 5.56 Å². The Morgan fingerprint density at radius 2 is 2.06 bits per heavy atom. The summed E-state index contributed by atoms with van der Waals surface area (Å²) in [6.45, 7) is 3.29. The lowest BCUT2D eigenvalue weighted by atomic mass is 10.0. The molecule has 1 aliphatic heterocycles. The highest BCUT2D eigenvalue weighted by Crippen LogP contribution is 2.39. The fraction of sp³-hybridized carbons (Fsp3) is 0.385. The van der Waals surface area contributed by atoms with Crippen LogP contribution in [0.1, 0.15) is 25.5 Å². The van der Waals surface area contributed by atoms with Gasteiger partial charge in [0.15, 0.2) is 0 Å². The molecule has 1 heterocycles. The van der Waals surface area contributed by atoms with Crippen molar-refractivity contribution in [2.24, 2.45) is 11.1 Å². The second-order valence-electron chi connectivity index (χ2n) is 4.19. The number of alkyl halides is 1. The van der Waals surface area contributed by atoms with Gasteiger partial charge in [0.25, 0.3) is 0 Å². The molecule has 5 heteroatoms. The molecule has 0 amide bonds. The molecular formula is C13H14BrNO3. The van der Waals surface area contributed by atoms with E-state index in [9.17, 15) is 4.79 Å². The van der Waals surface area contributed by atoms with E-state index in [1.54, 1.807) is 0 Å². The van der Waals surface area contributed by atoms with Gasteiger partial charge in [-0.1, -0.05) is 53.2 Å². The molecule has 0 aliphatic carbocycles. The molecule has 2 rings (SSSR count). The van der Waals surface area contributed by atoms with Gasteiger partial charge in [0, 0.05) is 6.92 Å². The van der Waals surface area contributed by atoms with Crippen LogP contribution in [-0.4, -0.2) is 16.7 Å². The van der Waals surface area contributed by atoms with Gasteiger partial charge in [-0.15, -0.1) is 0 Å². The van der Waals surface area contributed by atoms with Crippen LogP contribution in [0.3, 0.4) is 0 Å². The van der Waals surface area contributed by atoms with Crippen LogP contribution in [0.4, 0.5) is 0 Å². The van der Waals surface area contributed by atoms with E-state index in [-0.39, 0.29) is 16.8 Å². The maximum absolute atomic E-state index is 10.7. The van der Waals surface area contributed by atoms with Gasteiger partial charge < -0.3 is 9.57 Å². The van der Waals surface area contributed by atoms with Gasteiger partial charge in [0.2, 0.25) is 5.90 Å². The smallest absolute Gasteiger partial charge is 0.332 e. The number of oxime groups is 1. The Morgan fingerprint density at radius 3 is 2.67 bits per heavy atom. The fourth-order valence-electron chi connectivity index (χ4n) is 1.81. The third kappa shape index (κ3) is 2.72. The lowest BCUT2D eigenvalue weighted by Crippen LogP contribution is -2.13. The standard InChI is InChI=1S/C13H14BrNO3/c1-8-11(14)12(10-6-4-3-5-7-10)17-13(8)15-18-9(2)16/h3-8,11-12H,1-2H3/b15-13-/t8-,11-,12+/m1/s1. The van der Waals surface area contributed by atoms with Crippen molar-refractivity contribution in [1.29, 1.82) is 0 Å². The van der Waals surface area contributed by atoms with E-state index in [4.69, 9.17) is 4.74 Å². The van der Waals surface area contributed by atoms with E-state index in [0.29, 0.717) is 5.90 Å². The number of carbonyl (C=O) groups excluding carboxylic acids is 1. The van der Waals surface area contributed by atoms with E-state index in [2.05, 4.69) is 25.9 Å². The molecule has 0 spiro atoms. The van der Waals surface area contributed by atoms with Gasteiger partial charge in [-0.2, -0.15) is 0 Å². The first-order valence-corrected chi connectivity index (χ1v) is 6.62. The van der Waals surface area contributed by atoms with E-state index in [1.807, 2.05) is 37.3 Å². The lowest BCUT2D eigenvalue weighted by molar-refractivity contribution is -0.141. The van der Waals surface area contributed by atoms with Crippen LogP contribution in [0.15, 0.2) is 35.5 Å². The first kappa shape index (κ1) is 13.1. The van der Waals surface area contributed by atoms with Crippen molar-refractivity contribution in [2.75, 3.05) is 0 Å². The minimum Gasteiger partial charge on any atom is -0.469 e. The summed E-state index contributed by atoms with van der Waals surface area (Å²) in [7, 11) is 0. The van der Waals surface area contributed by atoms with Crippen molar-refractivity contribution >= 4 is 27.8 Å². The van der Waals surface area contributed by atoms with Crippen LogP contribution in [0.2, 0.25) is 0 Å². The van der Waals surface area contributed by atoms with Crippen molar-refractivity contribution in [3.8, 4) is 0 Å². The second-order valence-corrected chi connectivity index (χ2v) is 5.25. The molecule has 0 unspecified atom stereocenters. The van der Waals surface area contributed by atoms with Gasteiger partial charge >= 0.3 is 5.97 Å². The van der Waals surface area contributed by atoms with Crippen LogP contribution in [0, 0.1) is 5.92 Å². The van der Waals surface area contributed by atoms with Crippen molar-refractivity contribution in [3.05, 3.63) is 35.9 Å². The molecular weight excluding hydrogens is 298 g/mol. The highest BCUT2D eigenvalue weighted by atomic mass is 79.9. The van der Waals surface area contributed by atoms with Crippen molar-refractivity contribution < 1.29 is 14.4 Å². The van der Waals surface area contributed by atoms with E-state index >= 15 is 0 Å². The van der Waals surface area contributed by atoms with Crippen LogP contribution >= 0.6 is 15.9 Å². The maximum Gasteiger partial charge on any atom is 0.332 e. The predicted octanol–water partition coefficient (Wildman–Crippen LogP) is 3.03. The van der Waals surface area contributed by atoms with E-state index in [1.165, 1.54) is 6.92 Å². The Bertz CT molecular complexity index is 461. The van der Waals surface area contributed by atoms with E-state index < -0.39 is 5.97 Å². The Labute approximate surface area is 114 Å². The summed E-state index contributed by atoms with van der Waals surface area (Å²) in [5.41, 5.74) is 1.07. The molecule has 96 valence electrons. The number of halogens is 1. The van der Waals surface area contributed by atoms with Crippen LogP contribution < -0.4 is 0 Å². The SMILES string of the molecule is CC(=O)O/N=C1\O[C@@H](c2ccccc2)[C@H](Br)[C@H]1C. The molecule has 1 aliphatic rings. The third-order valence-corrected chi connectivity index (χ3v) is 4.07. The van der Waals surface area contributed by atoms with Gasteiger partial charge in [0.1, 0.15) is 6.10 Å². The highest BCUT2D eigenvalue weighted by molar-refractivity contribution is 9.09. The normalized spacial score (nSPS) is 29.1. The zero-order chi connectivity index (χ0) is 13.1. The summed E-state index contributed by atoms with van der Waals surface area (Å²) in [5, 5.41) is 3.74. The first-order valence-electron chi connectivity index (χ1n) is 5.70. The van der Waals surface area contributed by atoms with Crippen LogP contribution in [-0.2, 0) is 14.4 Å². The largest absolute Gasteiger partial charge is 0.469 e. The number of rotatable bonds is 2. The molecule has 0 aromatic heterocycles. The van der Waals surface area contributed by atoms with Gasteiger partial charge in [0.05, 0.1) is 10.7 Å². The minimum atomic E-state index is -0.451. The highest BCUT2D eigenvalue weighted by Gasteiger charge is 2.40. The molecule has 1 saturated heterocycles. The number of hydrogen-bond acceptors (Lipinski definition) is 4.